The predicted molar refractivity (Wildman–Crippen MR) is 153 cm³/mol. The molecule has 2 aromatic heterocycles. The maximum Gasteiger partial charge on any atom is 0.341 e. The molecule has 0 saturated carbocycles. The van der Waals surface area contributed by atoms with Gasteiger partial charge in [0.2, 0.25) is 5.91 Å². The normalized spacial score (nSPS) is 12.7. The first-order chi connectivity index (χ1) is 19.4. The van der Waals surface area contributed by atoms with E-state index in [-0.39, 0.29) is 30.7 Å². The van der Waals surface area contributed by atoms with Crippen LogP contribution in [0.25, 0.3) is 0 Å². The number of aromatic nitrogens is 3. The Morgan fingerprint density at radius 3 is 2.60 bits per heavy atom. The van der Waals surface area contributed by atoms with Gasteiger partial charge in [-0.1, -0.05) is 18.2 Å². The molecule has 11 nitrogen and oxygen atoms in total. The Labute approximate surface area is 241 Å². The number of amides is 2. The Hall–Kier alpha value is -3.58. The Morgan fingerprint density at radius 1 is 1.07 bits per heavy atom. The van der Waals surface area contributed by atoms with Gasteiger partial charge >= 0.3 is 5.97 Å². The predicted octanol–water partition coefficient (Wildman–Crippen LogP) is 4.00. The zero-order valence-corrected chi connectivity index (χ0v) is 24.6. The summed E-state index contributed by atoms with van der Waals surface area (Å²) < 4.78 is 17.5. The number of aryl methyl sites for hydroxylation is 1. The highest BCUT2D eigenvalue weighted by Gasteiger charge is 2.27. The molecule has 0 fully saturated rings. The van der Waals surface area contributed by atoms with Crippen molar-refractivity contribution < 1.29 is 28.6 Å². The summed E-state index contributed by atoms with van der Waals surface area (Å²) in [7, 11) is 4.81. The van der Waals surface area contributed by atoms with Gasteiger partial charge in [0.15, 0.2) is 22.5 Å². The maximum absolute atomic E-state index is 12.9. The molecule has 2 N–H and O–H groups in total. The average Bonchev–Trinajstić information content (AvgIpc) is 3.39. The van der Waals surface area contributed by atoms with Crippen LogP contribution in [0.3, 0.4) is 0 Å². The molecule has 2 amide bonds. The molecule has 0 radical (unpaired) electrons. The van der Waals surface area contributed by atoms with Crippen LogP contribution >= 0.6 is 23.1 Å². The van der Waals surface area contributed by atoms with Gasteiger partial charge in [0.05, 0.1) is 38.7 Å². The van der Waals surface area contributed by atoms with Crippen LogP contribution in [0.1, 0.15) is 63.2 Å². The van der Waals surface area contributed by atoms with Crippen LogP contribution in [0.15, 0.2) is 23.4 Å². The molecule has 0 saturated heterocycles. The van der Waals surface area contributed by atoms with Crippen molar-refractivity contribution in [3.05, 3.63) is 45.6 Å². The number of hydrogen-bond acceptors (Lipinski definition) is 10. The van der Waals surface area contributed by atoms with E-state index in [0.29, 0.717) is 38.6 Å². The van der Waals surface area contributed by atoms with E-state index in [4.69, 9.17) is 14.2 Å². The first kappa shape index (κ1) is 29.4. The van der Waals surface area contributed by atoms with Gasteiger partial charge in [0, 0.05) is 17.5 Å². The fourth-order valence-corrected chi connectivity index (χ4v) is 6.43. The van der Waals surface area contributed by atoms with Crippen molar-refractivity contribution in [3.8, 4) is 11.5 Å². The van der Waals surface area contributed by atoms with Crippen molar-refractivity contribution in [2.24, 2.45) is 7.05 Å². The molecule has 4 rings (SSSR count). The van der Waals surface area contributed by atoms with Crippen molar-refractivity contribution in [2.45, 2.75) is 50.7 Å². The number of thiophene rings is 1. The molecular formula is C27H33N5O6S2. The van der Waals surface area contributed by atoms with E-state index in [1.165, 1.54) is 37.3 Å². The van der Waals surface area contributed by atoms with Crippen molar-refractivity contribution in [3.63, 3.8) is 0 Å². The van der Waals surface area contributed by atoms with E-state index >= 15 is 0 Å². The van der Waals surface area contributed by atoms with Gasteiger partial charge in [-0.2, -0.15) is 0 Å². The highest BCUT2D eigenvalue weighted by molar-refractivity contribution is 7.99. The number of esters is 1. The molecule has 3 aromatic rings. The number of fused-ring (bicyclic) bond motifs is 1. The lowest BCUT2D eigenvalue weighted by molar-refractivity contribution is -0.113. The Bertz CT molecular complexity index is 1390. The van der Waals surface area contributed by atoms with E-state index in [9.17, 15) is 14.4 Å². The minimum Gasteiger partial charge on any atom is -0.493 e. The van der Waals surface area contributed by atoms with Crippen LogP contribution in [0.2, 0.25) is 0 Å². The molecule has 1 aliphatic carbocycles. The minimum absolute atomic E-state index is 0.0782. The molecular weight excluding hydrogens is 554 g/mol. The fraction of sp³-hybridized carbons (Fsp3) is 0.444. The minimum atomic E-state index is -0.391. The highest BCUT2D eigenvalue weighted by Crippen LogP contribution is 2.38. The fourth-order valence-electron chi connectivity index (χ4n) is 4.41. The molecule has 40 heavy (non-hydrogen) atoms. The number of rotatable bonds is 11. The number of carbonyl (C=O) groups is 3. The lowest BCUT2D eigenvalue weighted by atomic mass is 10.1. The van der Waals surface area contributed by atoms with Gasteiger partial charge in [0.1, 0.15) is 5.00 Å². The Balaban J connectivity index is 1.36. The second-order valence-electron chi connectivity index (χ2n) is 9.04. The number of ether oxygens (including phenoxy) is 3. The monoisotopic (exact) mass is 587 g/mol. The third kappa shape index (κ3) is 6.76. The van der Waals surface area contributed by atoms with E-state index in [1.54, 1.807) is 36.7 Å². The summed E-state index contributed by atoms with van der Waals surface area (Å²) in [5, 5.41) is 15.1. The molecule has 1 aromatic carbocycles. The van der Waals surface area contributed by atoms with Crippen LogP contribution in [0.5, 0.6) is 11.5 Å². The second kappa shape index (κ2) is 13.7. The topological polar surface area (TPSA) is 134 Å². The first-order valence-electron chi connectivity index (χ1n) is 13.0. The summed E-state index contributed by atoms with van der Waals surface area (Å²) in [6.07, 6.45) is 4.93. The quantitative estimate of drug-likeness (QED) is 0.194. The molecule has 2 heterocycles. The lowest BCUT2D eigenvalue weighted by Gasteiger charge is -2.10. The number of benzene rings is 1. The summed E-state index contributed by atoms with van der Waals surface area (Å²) >= 11 is 2.69. The van der Waals surface area contributed by atoms with Crippen LogP contribution in [0.4, 0.5) is 5.00 Å². The van der Waals surface area contributed by atoms with Gasteiger partial charge in [0.25, 0.3) is 5.91 Å². The Morgan fingerprint density at radius 2 is 1.85 bits per heavy atom. The third-order valence-electron chi connectivity index (χ3n) is 6.46. The maximum atomic E-state index is 12.9. The number of carbonyl (C=O) groups excluding carboxylic acids is 3. The van der Waals surface area contributed by atoms with Gasteiger partial charge in [-0.25, -0.2) is 4.79 Å². The van der Waals surface area contributed by atoms with Crippen LogP contribution in [-0.2, 0) is 36.0 Å². The number of methoxy groups -OCH3 is 2. The molecule has 0 bridgehead atoms. The van der Waals surface area contributed by atoms with Crippen molar-refractivity contribution >= 4 is 45.9 Å². The molecule has 214 valence electrons. The van der Waals surface area contributed by atoms with Gasteiger partial charge in [-0.05, 0) is 56.4 Å². The number of nitrogens with zero attached hydrogens (tertiary/aromatic N) is 3. The standard InChI is InChI=1S/C27H33N5O6S2/c1-5-38-26(35)23-17-9-7-6-8-10-20(17)40-25(23)29-22(33)15-39-27-31-30-21(32(27)2)14-28-24(34)16-11-12-18(36-3)19(13-16)37-4/h11-13H,5-10,14-15H2,1-4H3,(H,28,34)(H,29,33). The zero-order valence-electron chi connectivity index (χ0n) is 23.0. The Kier molecular flexibility index (Phi) is 10.0. The van der Waals surface area contributed by atoms with E-state index in [2.05, 4.69) is 20.8 Å². The van der Waals surface area contributed by atoms with Crippen molar-refractivity contribution in [2.75, 3.05) is 31.9 Å². The summed E-state index contributed by atoms with van der Waals surface area (Å²) in [6.45, 7) is 2.19. The van der Waals surface area contributed by atoms with E-state index < -0.39 is 5.97 Å². The summed E-state index contributed by atoms with van der Waals surface area (Å²) in [6, 6.07) is 4.91. The molecule has 1 aliphatic rings. The number of nitrogens with one attached hydrogen (secondary N) is 2. The number of anilines is 1. The van der Waals surface area contributed by atoms with Crippen molar-refractivity contribution in [1.82, 2.24) is 20.1 Å². The molecule has 0 aliphatic heterocycles. The molecule has 0 atom stereocenters. The number of hydrogen-bond donors (Lipinski definition) is 2. The SMILES string of the molecule is CCOC(=O)c1c(NC(=O)CSc2nnc(CNC(=O)c3ccc(OC)c(OC)c3)n2C)sc2c1CCCCC2. The first-order valence-corrected chi connectivity index (χ1v) is 14.8. The van der Waals surface area contributed by atoms with E-state index in [0.717, 1.165) is 42.5 Å². The number of thioether (sulfide) groups is 1. The smallest absolute Gasteiger partial charge is 0.341 e. The van der Waals surface area contributed by atoms with Crippen LogP contribution < -0.4 is 20.1 Å². The van der Waals surface area contributed by atoms with Crippen LogP contribution in [0, 0.1) is 0 Å². The highest BCUT2D eigenvalue weighted by atomic mass is 32.2. The average molecular weight is 588 g/mol. The van der Waals surface area contributed by atoms with Gasteiger partial charge in [-0.3, -0.25) is 9.59 Å². The van der Waals surface area contributed by atoms with E-state index in [1.807, 2.05) is 0 Å². The summed E-state index contributed by atoms with van der Waals surface area (Å²) in [5.74, 6) is 0.654. The molecule has 0 unspecified atom stereocenters. The van der Waals surface area contributed by atoms with Crippen LogP contribution in [-0.4, -0.2) is 59.1 Å². The van der Waals surface area contributed by atoms with Gasteiger partial charge in [-0.15, -0.1) is 21.5 Å². The largest absolute Gasteiger partial charge is 0.493 e. The zero-order chi connectivity index (χ0) is 28.6. The summed E-state index contributed by atoms with van der Waals surface area (Å²) in [5.41, 5.74) is 1.92. The molecule has 13 heteroatoms. The molecule has 0 spiro atoms. The van der Waals surface area contributed by atoms with Gasteiger partial charge < -0.3 is 29.4 Å². The van der Waals surface area contributed by atoms with Crippen molar-refractivity contribution in [1.29, 1.82) is 0 Å². The third-order valence-corrected chi connectivity index (χ3v) is 8.69. The second-order valence-corrected chi connectivity index (χ2v) is 11.1. The summed E-state index contributed by atoms with van der Waals surface area (Å²) in [4.78, 5) is 39.4. The lowest BCUT2D eigenvalue weighted by Crippen LogP contribution is -2.24.